The quantitative estimate of drug-likeness (QED) is 0.808. The zero-order valence-corrected chi connectivity index (χ0v) is 10.9. The van der Waals surface area contributed by atoms with Gasteiger partial charge in [0.25, 0.3) is 0 Å². The van der Waals surface area contributed by atoms with E-state index in [2.05, 4.69) is 20.8 Å². The number of halogens is 2. The maximum Gasteiger partial charge on any atom is 0.148 e. The molecular weight excluding hydrogens is 262 g/mol. The Morgan fingerprint density at radius 1 is 1.15 bits per heavy atom. The highest BCUT2D eigenvalue weighted by molar-refractivity contribution is 5.64. The van der Waals surface area contributed by atoms with E-state index >= 15 is 0 Å². The van der Waals surface area contributed by atoms with E-state index in [9.17, 15) is 8.78 Å². The molecule has 1 aromatic carbocycles. The lowest BCUT2D eigenvalue weighted by Gasteiger charge is -2.23. The van der Waals surface area contributed by atoms with Crippen LogP contribution in [0.15, 0.2) is 24.3 Å². The van der Waals surface area contributed by atoms with E-state index in [1.807, 2.05) is 0 Å². The molecule has 0 bridgehead atoms. The summed E-state index contributed by atoms with van der Waals surface area (Å²) in [5.74, 6) is -0.571. The third kappa shape index (κ3) is 2.65. The molecule has 0 radical (unpaired) electrons. The van der Waals surface area contributed by atoms with Crippen molar-refractivity contribution in [1.29, 1.82) is 0 Å². The van der Waals surface area contributed by atoms with Gasteiger partial charge in [-0.1, -0.05) is 6.07 Å². The van der Waals surface area contributed by atoms with Crippen LogP contribution < -0.4 is 10.6 Å². The van der Waals surface area contributed by atoms with Crippen molar-refractivity contribution in [3.63, 3.8) is 0 Å². The summed E-state index contributed by atoms with van der Waals surface area (Å²) in [7, 11) is 0. The van der Waals surface area contributed by atoms with Crippen molar-refractivity contribution < 1.29 is 8.78 Å². The first-order valence-electron chi connectivity index (χ1n) is 6.71. The Labute approximate surface area is 115 Å². The number of hydrogen-bond acceptors (Lipinski definition) is 3. The number of H-pyrrole nitrogens is 1. The van der Waals surface area contributed by atoms with Gasteiger partial charge in [0.15, 0.2) is 0 Å². The highest BCUT2D eigenvalue weighted by atomic mass is 19.1. The van der Waals surface area contributed by atoms with Crippen molar-refractivity contribution in [3.8, 4) is 11.3 Å². The molecule has 1 aliphatic heterocycles. The van der Waals surface area contributed by atoms with Gasteiger partial charge in [-0.25, -0.2) is 8.78 Å². The molecule has 0 atom stereocenters. The number of piperidine rings is 1. The van der Waals surface area contributed by atoms with Gasteiger partial charge in [0.1, 0.15) is 17.5 Å². The molecule has 106 valence electrons. The fourth-order valence-corrected chi connectivity index (χ4v) is 2.45. The van der Waals surface area contributed by atoms with Gasteiger partial charge >= 0.3 is 0 Å². The number of nitrogens with zero attached hydrogens (tertiary/aromatic N) is 1. The van der Waals surface area contributed by atoms with E-state index in [0.717, 1.165) is 25.9 Å². The van der Waals surface area contributed by atoms with Crippen LogP contribution in [0.2, 0.25) is 0 Å². The molecule has 3 N–H and O–H groups in total. The molecule has 1 aliphatic rings. The van der Waals surface area contributed by atoms with E-state index < -0.39 is 11.6 Å². The van der Waals surface area contributed by atoms with Crippen LogP contribution in [-0.4, -0.2) is 29.3 Å². The van der Waals surface area contributed by atoms with E-state index in [0.29, 0.717) is 17.6 Å². The van der Waals surface area contributed by atoms with Crippen molar-refractivity contribution in [1.82, 2.24) is 15.5 Å². The first kappa shape index (κ1) is 13.1. The fraction of sp³-hybridized carbons (Fsp3) is 0.357. The molecule has 3 rings (SSSR count). The highest BCUT2D eigenvalue weighted by Crippen LogP contribution is 2.26. The summed E-state index contributed by atoms with van der Waals surface area (Å²) >= 11 is 0. The van der Waals surface area contributed by atoms with Crippen LogP contribution >= 0.6 is 0 Å². The maximum absolute atomic E-state index is 13.7. The lowest BCUT2D eigenvalue weighted by atomic mass is 10.1. The minimum absolute atomic E-state index is 0.0710. The summed E-state index contributed by atoms with van der Waals surface area (Å²) in [6.45, 7) is 1.94. The van der Waals surface area contributed by atoms with Crippen molar-refractivity contribution in [3.05, 3.63) is 35.9 Å². The molecule has 0 saturated carbocycles. The molecule has 0 amide bonds. The summed E-state index contributed by atoms with van der Waals surface area (Å²) < 4.78 is 27.4. The smallest absolute Gasteiger partial charge is 0.148 e. The van der Waals surface area contributed by atoms with Crippen molar-refractivity contribution in [2.75, 3.05) is 18.4 Å². The van der Waals surface area contributed by atoms with E-state index in [1.165, 1.54) is 18.2 Å². The molecule has 20 heavy (non-hydrogen) atoms. The van der Waals surface area contributed by atoms with E-state index in [-0.39, 0.29) is 5.56 Å². The number of nitrogens with one attached hydrogen (secondary N) is 3. The second-order valence-corrected chi connectivity index (χ2v) is 4.93. The van der Waals surface area contributed by atoms with Crippen LogP contribution in [0.5, 0.6) is 0 Å². The van der Waals surface area contributed by atoms with Crippen LogP contribution in [0.4, 0.5) is 14.6 Å². The SMILES string of the molecule is Fc1cccc(F)c1-c1cc(NC2CCNCC2)n[nH]1. The molecule has 2 aromatic rings. The van der Waals surface area contributed by atoms with Gasteiger partial charge in [-0.2, -0.15) is 5.10 Å². The number of rotatable bonds is 3. The number of anilines is 1. The Balaban J connectivity index is 1.79. The summed E-state index contributed by atoms with van der Waals surface area (Å²) in [4.78, 5) is 0. The van der Waals surface area contributed by atoms with Crippen molar-refractivity contribution >= 4 is 5.82 Å². The zero-order valence-electron chi connectivity index (χ0n) is 10.9. The topological polar surface area (TPSA) is 52.7 Å². The molecule has 0 unspecified atom stereocenters. The summed E-state index contributed by atoms with van der Waals surface area (Å²) in [5, 5.41) is 13.3. The maximum atomic E-state index is 13.7. The Bertz CT molecular complexity index is 570. The fourth-order valence-electron chi connectivity index (χ4n) is 2.45. The predicted molar refractivity (Wildman–Crippen MR) is 73.5 cm³/mol. The van der Waals surface area contributed by atoms with Gasteiger partial charge in [0.05, 0.1) is 11.3 Å². The number of benzene rings is 1. The first-order valence-corrected chi connectivity index (χ1v) is 6.71. The Morgan fingerprint density at radius 2 is 1.85 bits per heavy atom. The summed E-state index contributed by atoms with van der Waals surface area (Å²) in [6, 6.07) is 5.80. The Kier molecular flexibility index (Phi) is 3.64. The van der Waals surface area contributed by atoms with Gasteiger partial charge in [0.2, 0.25) is 0 Å². The minimum Gasteiger partial charge on any atom is -0.366 e. The number of hydrogen-bond donors (Lipinski definition) is 3. The molecule has 1 aromatic heterocycles. The largest absolute Gasteiger partial charge is 0.366 e. The second-order valence-electron chi connectivity index (χ2n) is 4.93. The third-order valence-corrected chi connectivity index (χ3v) is 3.50. The molecule has 4 nitrogen and oxygen atoms in total. The van der Waals surface area contributed by atoms with Crippen LogP contribution in [-0.2, 0) is 0 Å². The van der Waals surface area contributed by atoms with Crippen LogP contribution in [0.3, 0.4) is 0 Å². The van der Waals surface area contributed by atoms with Crippen molar-refractivity contribution in [2.45, 2.75) is 18.9 Å². The molecular formula is C14H16F2N4. The highest BCUT2D eigenvalue weighted by Gasteiger charge is 2.16. The molecule has 1 saturated heterocycles. The van der Waals surface area contributed by atoms with E-state index in [4.69, 9.17) is 0 Å². The van der Waals surface area contributed by atoms with Gasteiger partial charge in [-0.05, 0) is 38.1 Å². The standard InChI is InChI=1S/C14H16F2N4/c15-10-2-1-3-11(16)14(10)12-8-13(20-19-12)18-9-4-6-17-7-5-9/h1-3,8-9,17H,4-7H2,(H2,18,19,20). The molecule has 0 spiro atoms. The average molecular weight is 278 g/mol. The van der Waals surface area contributed by atoms with Gasteiger partial charge < -0.3 is 10.6 Å². The summed E-state index contributed by atoms with van der Waals surface area (Å²) in [6.07, 6.45) is 2.02. The first-order chi connectivity index (χ1) is 9.74. The molecule has 2 heterocycles. The van der Waals surface area contributed by atoms with E-state index in [1.54, 1.807) is 6.07 Å². The van der Waals surface area contributed by atoms with Crippen LogP contribution in [0.25, 0.3) is 11.3 Å². The third-order valence-electron chi connectivity index (χ3n) is 3.50. The van der Waals surface area contributed by atoms with Gasteiger partial charge in [0, 0.05) is 12.1 Å². The predicted octanol–water partition coefficient (Wildman–Crippen LogP) is 2.52. The van der Waals surface area contributed by atoms with Crippen LogP contribution in [0.1, 0.15) is 12.8 Å². The number of aromatic amines is 1. The molecule has 0 aliphatic carbocycles. The Hall–Kier alpha value is -1.95. The monoisotopic (exact) mass is 278 g/mol. The number of aromatic nitrogens is 2. The van der Waals surface area contributed by atoms with Crippen molar-refractivity contribution in [2.24, 2.45) is 0 Å². The van der Waals surface area contributed by atoms with Gasteiger partial charge in [-0.3, -0.25) is 5.10 Å². The van der Waals surface area contributed by atoms with Crippen LogP contribution in [0, 0.1) is 11.6 Å². The second kappa shape index (κ2) is 5.58. The lowest BCUT2D eigenvalue weighted by Crippen LogP contribution is -2.35. The normalized spacial score (nSPS) is 16.3. The zero-order chi connectivity index (χ0) is 13.9. The minimum atomic E-state index is -0.595. The molecule has 6 heteroatoms. The van der Waals surface area contributed by atoms with Gasteiger partial charge in [-0.15, -0.1) is 0 Å². The average Bonchev–Trinajstić information content (AvgIpc) is 2.88. The summed E-state index contributed by atoms with van der Waals surface area (Å²) in [5.41, 5.74) is 0.274. The lowest BCUT2D eigenvalue weighted by molar-refractivity contribution is 0.478. The molecule has 1 fully saturated rings. The Morgan fingerprint density at radius 3 is 2.55 bits per heavy atom.